The number of ether oxygens (including phenoxy) is 6. The minimum absolute atomic E-state index is 0.0577. The van der Waals surface area contributed by atoms with Crippen LogP contribution in [-0.2, 0) is 45.4 Å². The summed E-state index contributed by atoms with van der Waals surface area (Å²) in [5.74, 6) is -0.00427. The lowest BCUT2D eigenvalue weighted by molar-refractivity contribution is -0.0930. The van der Waals surface area contributed by atoms with Gasteiger partial charge in [0.05, 0.1) is 37.6 Å². The van der Waals surface area contributed by atoms with Crippen LogP contribution in [0.1, 0.15) is 43.0 Å². The van der Waals surface area contributed by atoms with Gasteiger partial charge in [0.25, 0.3) is 0 Å². The minimum atomic E-state index is -1.01. The minimum Gasteiger partial charge on any atom is -0.489 e. The van der Waals surface area contributed by atoms with Crippen molar-refractivity contribution in [3.05, 3.63) is 203 Å². The van der Waals surface area contributed by atoms with Gasteiger partial charge in [-0.3, -0.25) is 0 Å². The monoisotopic (exact) mass is 722 g/mol. The summed E-state index contributed by atoms with van der Waals surface area (Å²) in [7, 11) is 0. The van der Waals surface area contributed by atoms with Gasteiger partial charge in [-0.05, 0) is 70.8 Å². The molecule has 0 spiro atoms. The van der Waals surface area contributed by atoms with Crippen LogP contribution in [0.15, 0.2) is 170 Å². The van der Waals surface area contributed by atoms with Gasteiger partial charge < -0.3 is 28.4 Å². The number of benzene rings is 6. The zero-order chi connectivity index (χ0) is 37.2. The van der Waals surface area contributed by atoms with Crippen LogP contribution in [0.4, 0.5) is 0 Å². The maximum absolute atomic E-state index is 13.6. The standard InChI is InChI=1S/C46H42O8/c47-45(39-21-25-41(26-22-39)51-31-37-17-9-3-10-18-37)53-43(33-49-29-35-13-5-1-6-14-35)44(34-50-30-36-15-7-2-8-16-36)54-46(48)40-23-27-42(28-24-40)52-32-38-19-11-4-12-20-38/h1-28,43-44H,29-34H2/t43-,44-/m0/s1. The number of esters is 2. The Bertz CT molecular complexity index is 1840. The van der Waals surface area contributed by atoms with Crippen LogP contribution in [-0.4, -0.2) is 37.4 Å². The summed E-state index contributed by atoms with van der Waals surface area (Å²) in [4.78, 5) is 27.2. The molecule has 0 aliphatic carbocycles. The van der Waals surface area contributed by atoms with Crippen molar-refractivity contribution in [2.24, 2.45) is 0 Å². The summed E-state index contributed by atoms with van der Waals surface area (Å²) in [5.41, 5.74) is 4.55. The fourth-order valence-electron chi connectivity index (χ4n) is 5.44. The largest absolute Gasteiger partial charge is 0.489 e. The van der Waals surface area contributed by atoms with Gasteiger partial charge in [0, 0.05) is 0 Å². The Labute approximate surface area is 315 Å². The zero-order valence-electron chi connectivity index (χ0n) is 29.8. The van der Waals surface area contributed by atoms with Gasteiger partial charge in [0.1, 0.15) is 24.7 Å². The fraction of sp³-hybridized carbons (Fsp3) is 0.174. The van der Waals surface area contributed by atoms with Crippen molar-refractivity contribution in [1.82, 2.24) is 0 Å². The number of carbonyl (C=O) groups is 2. The van der Waals surface area contributed by atoms with Crippen molar-refractivity contribution < 1.29 is 38.0 Å². The summed E-state index contributed by atoms with van der Waals surface area (Å²) in [6.07, 6.45) is -2.02. The van der Waals surface area contributed by atoms with Gasteiger partial charge in [-0.25, -0.2) is 9.59 Å². The van der Waals surface area contributed by atoms with Crippen molar-refractivity contribution in [1.29, 1.82) is 0 Å². The molecule has 8 nitrogen and oxygen atoms in total. The number of hydrogen-bond donors (Lipinski definition) is 0. The fourth-order valence-corrected chi connectivity index (χ4v) is 5.44. The highest BCUT2D eigenvalue weighted by molar-refractivity contribution is 5.90. The quantitative estimate of drug-likeness (QED) is 0.0766. The molecular formula is C46H42O8. The molecule has 0 aliphatic rings. The second kappa shape index (κ2) is 20.1. The van der Waals surface area contributed by atoms with Crippen molar-refractivity contribution in [3.63, 3.8) is 0 Å². The molecule has 0 saturated carbocycles. The molecule has 8 heteroatoms. The molecule has 0 unspecified atom stereocenters. The number of rotatable bonds is 19. The van der Waals surface area contributed by atoms with E-state index < -0.39 is 24.1 Å². The third-order valence-corrected chi connectivity index (χ3v) is 8.40. The van der Waals surface area contributed by atoms with E-state index in [1.165, 1.54) is 0 Å². The van der Waals surface area contributed by atoms with Crippen molar-refractivity contribution in [2.45, 2.75) is 38.6 Å². The first-order valence-corrected chi connectivity index (χ1v) is 17.8. The van der Waals surface area contributed by atoms with E-state index in [9.17, 15) is 9.59 Å². The highest BCUT2D eigenvalue weighted by Gasteiger charge is 2.31. The molecule has 0 bridgehead atoms. The third-order valence-electron chi connectivity index (χ3n) is 8.40. The zero-order valence-corrected chi connectivity index (χ0v) is 29.8. The molecular weight excluding hydrogens is 680 g/mol. The number of carbonyl (C=O) groups excluding carboxylic acids is 2. The van der Waals surface area contributed by atoms with Crippen LogP contribution in [0.25, 0.3) is 0 Å². The van der Waals surface area contributed by atoms with Gasteiger partial charge in [0.15, 0.2) is 12.2 Å². The molecule has 2 atom stereocenters. The summed E-state index contributed by atoms with van der Waals surface area (Å²) in [6.45, 7) is 1.20. The van der Waals surface area contributed by atoms with Crippen LogP contribution in [0.2, 0.25) is 0 Å². The van der Waals surface area contributed by atoms with Crippen LogP contribution in [0.5, 0.6) is 11.5 Å². The molecule has 6 aromatic rings. The first-order chi connectivity index (χ1) is 26.6. The van der Waals surface area contributed by atoms with E-state index in [1.807, 2.05) is 121 Å². The summed E-state index contributed by atoms with van der Waals surface area (Å²) < 4.78 is 36.0. The lowest BCUT2D eigenvalue weighted by Gasteiger charge is -2.27. The van der Waals surface area contributed by atoms with Gasteiger partial charge in [-0.15, -0.1) is 0 Å². The predicted molar refractivity (Wildman–Crippen MR) is 205 cm³/mol. The molecule has 0 amide bonds. The predicted octanol–water partition coefficient (Wildman–Crippen LogP) is 9.03. The van der Waals surface area contributed by atoms with Crippen molar-refractivity contribution in [3.8, 4) is 11.5 Å². The Kier molecular flexibility index (Phi) is 14.0. The molecule has 6 aromatic carbocycles. The molecule has 0 heterocycles. The van der Waals surface area contributed by atoms with Gasteiger partial charge in [-0.2, -0.15) is 0 Å². The molecule has 274 valence electrons. The molecule has 0 saturated heterocycles. The lowest BCUT2D eigenvalue weighted by atomic mass is 10.1. The van der Waals surface area contributed by atoms with E-state index in [2.05, 4.69) is 0 Å². The smallest absolute Gasteiger partial charge is 0.338 e. The maximum atomic E-state index is 13.6. The van der Waals surface area contributed by atoms with Crippen LogP contribution in [0, 0.1) is 0 Å². The van der Waals surface area contributed by atoms with Crippen LogP contribution in [0.3, 0.4) is 0 Å². The molecule has 0 aromatic heterocycles. The SMILES string of the molecule is O=C(O[C@@H](COCc1ccccc1)[C@H](COCc1ccccc1)OC(=O)c1ccc(OCc2ccccc2)cc1)c1ccc(OCc2ccccc2)cc1. The second-order valence-corrected chi connectivity index (χ2v) is 12.5. The van der Waals surface area contributed by atoms with E-state index in [-0.39, 0.29) is 26.4 Å². The van der Waals surface area contributed by atoms with E-state index in [4.69, 9.17) is 28.4 Å². The van der Waals surface area contributed by atoms with Gasteiger partial charge >= 0.3 is 11.9 Å². The average Bonchev–Trinajstić information content (AvgIpc) is 3.23. The first kappa shape index (κ1) is 37.5. The van der Waals surface area contributed by atoms with E-state index in [0.29, 0.717) is 35.8 Å². The Balaban J connectivity index is 1.16. The highest BCUT2D eigenvalue weighted by atomic mass is 16.6. The Morgan fingerprint density at radius 1 is 0.370 bits per heavy atom. The van der Waals surface area contributed by atoms with Crippen molar-refractivity contribution >= 4 is 11.9 Å². The Morgan fingerprint density at radius 2 is 0.667 bits per heavy atom. The molecule has 0 fully saturated rings. The molecule has 6 rings (SSSR count). The summed E-state index contributed by atoms with van der Waals surface area (Å²) >= 11 is 0. The highest BCUT2D eigenvalue weighted by Crippen LogP contribution is 2.20. The average molecular weight is 723 g/mol. The topological polar surface area (TPSA) is 89.5 Å². The molecule has 0 N–H and O–H groups in total. The lowest BCUT2D eigenvalue weighted by Crippen LogP contribution is -2.41. The molecule has 54 heavy (non-hydrogen) atoms. The Hall–Kier alpha value is -6.22. The summed E-state index contributed by atoms with van der Waals surface area (Å²) in [6, 6.07) is 52.3. The number of hydrogen-bond acceptors (Lipinski definition) is 8. The van der Waals surface area contributed by atoms with E-state index in [0.717, 1.165) is 22.3 Å². The van der Waals surface area contributed by atoms with Crippen LogP contribution < -0.4 is 9.47 Å². The van der Waals surface area contributed by atoms with Gasteiger partial charge in [0.2, 0.25) is 0 Å². The van der Waals surface area contributed by atoms with Crippen molar-refractivity contribution in [2.75, 3.05) is 13.2 Å². The second-order valence-electron chi connectivity index (χ2n) is 12.5. The van der Waals surface area contributed by atoms with E-state index >= 15 is 0 Å². The normalized spacial score (nSPS) is 11.9. The summed E-state index contributed by atoms with van der Waals surface area (Å²) in [5, 5.41) is 0. The van der Waals surface area contributed by atoms with Gasteiger partial charge in [-0.1, -0.05) is 121 Å². The Morgan fingerprint density at radius 3 is 0.981 bits per heavy atom. The van der Waals surface area contributed by atoms with E-state index in [1.54, 1.807) is 48.5 Å². The molecule has 0 aliphatic heterocycles. The first-order valence-electron chi connectivity index (χ1n) is 17.8. The molecule has 0 radical (unpaired) electrons. The van der Waals surface area contributed by atoms with Crippen LogP contribution >= 0.6 is 0 Å². The third kappa shape index (κ3) is 11.9. The maximum Gasteiger partial charge on any atom is 0.338 e.